The molecule has 0 fully saturated rings. The summed E-state index contributed by atoms with van der Waals surface area (Å²) in [6, 6.07) is 6.60. The summed E-state index contributed by atoms with van der Waals surface area (Å²) in [6.45, 7) is 3.07. The second kappa shape index (κ2) is 5.35. The maximum Gasteiger partial charge on any atom is 0.215 e. The van der Waals surface area contributed by atoms with E-state index in [-0.39, 0.29) is 12.3 Å². The molecule has 0 bridgehead atoms. The average Bonchev–Trinajstić information content (AvgIpc) is 2.18. The van der Waals surface area contributed by atoms with Gasteiger partial charge in [-0.15, -0.1) is 0 Å². The molecule has 0 atom stereocenters. The molecular formula is C11H16ClNO3S. The maximum atomic E-state index is 11.7. The van der Waals surface area contributed by atoms with Crippen molar-refractivity contribution < 1.29 is 13.5 Å². The molecule has 1 aromatic rings. The van der Waals surface area contributed by atoms with Crippen LogP contribution in [0.2, 0.25) is 5.02 Å². The minimum absolute atomic E-state index is 0.0110. The summed E-state index contributed by atoms with van der Waals surface area (Å²) >= 11 is 5.71. The van der Waals surface area contributed by atoms with Crippen LogP contribution in [0, 0.1) is 0 Å². The molecule has 0 saturated carbocycles. The van der Waals surface area contributed by atoms with Crippen LogP contribution in [0.4, 0.5) is 0 Å². The summed E-state index contributed by atoms with van der Waals surface area (Å²) in [4.78, 5) is 0. The highest BCUT2D eigenvalue weighted by atomic mass is 35.5. The fraction of sp³-hybridized carbons (Fsp3) is 0.455. The largest absolute Gasteiger partial charge is 0.389 e. The van der Waals surface area contributed by atoms with Crippen molar-refractivity contribution in [1.29, 1.82) is 0 Å². The molecule has 4 nitrogen and oxygen atoms in total. The lowest BCUT2D eigenvalue weighted by Crippen LogP contribution is -2.38. The van der Waals surface area contributed by atoms with E-state index in [1.807, 2.05) is 0 Å². The first-order valence-electron chi connectivity index (χ1n) is 5.12. The molecular weight excluding hydrogens is 262 g/mol. The standard InChI is InChI=1S/C11H16ClNO3S/c1-11(2,14)8-13-17(15,16)7-9-3-5-10(12)6-4-9/h3-6,13-14H,7-8H2,1-2H3. The van der Waals surface area contributed by atoms with Crippen molar-refractivity contribution in [2.75, 3.05) is 6.54 Å². The molecule has 0 aliphatic carbocycles. The first-order valence-corrected chi connectivity index (χ1v) is 7.15. The third kappa shape index (κ3) is 6.02. The van der Waals surface area contributed by atoms with Gasteiger partial charge in [0.05, 0.1) is 11.4 Å². The van der Waals surface area contributed by atoms with Crippen LogP contribution in [0.1, 0.15) is 19.4 Å². The predicted molar refractivity (Wildman–Crippen MR) is 68.4 cm³/mol. The van der Waals surface area contributed by atoms with Gasteiger partial charge in [0.15, 0.2) is 0 Å². The van der Waals surface area contributed by atoms with Crippen LogP contribution in [0.5, 0.6) is 0 Å². The molecule has 0 aromatic heterocycles. The Balaban J connectivity index is 2.64. The number of benzene rings is 1. The van der Waals surface area contributed by atoms with E-state index in [4.69, 9.17) is 11.6 Å². The molecule has 17 heavy (non-hydrogen) atoms. The average molecular weight is 278 g/mol. The molecule has 96 valence electrons. The number of aliphatic hydroxyl groups is 1. The zero-order valence-corrected chi connectivity index (χ0v) is 11.3. The quantitative estimate of drug-likeness (QED) is 0.858. The highest BCUT2D eigenvalue weighted by Crippen LogP contribution is 2.11. The van der Waals surface area contributed by atoms with Crippen molar-refractivity contribution in [3.63, 3.8) is 0 Å². The Morgan fingerprint density at radius 3 is 2.29 bits per heavy atom. The third-order valence-electron chi connectivity index (χ3n) is 1.99. The van der Waals surface area contributed by atoms with Crippen LogP contribution in [-0.2, 0) is 15.8 Å². The van der Waals surface area contributed by atoms with Crippen LogP contribution in [-0.4, -0.2) is 25.7 Å². The molecule has 0 heterocycles. The van der Waals surface area contributed by atoms with E-state index in [0.717, 1.165) is 0 Å². The molecule has 0 radical (unpaired) electrons. The minimum atomic E-state index is -3.43. The Labute approximate surface area is 107 Å². The van der Waals surface area contributed by atoms with E-state index in [0.29, 0.717) is 10.6 Å². The minimum Gasteiger partial charge on any atom is -0.389 e. The maximum absolute atomic E-state index is 11.7. The Morgan fingerprint density at radius 1 is 1.29 bits per heavy atom. The van der Waals surface area contributed by atoms with Crippen LogP contribution in [0.25, 0.3) is 0 Å². The van der Waals surface area contributed by atoms with Crippen molar-refractivity contribution in [2.24, 2.45) is 0 Å². The lowest BCUT2D eigenvalue weighted by atomic mass is 10.1. The Morgan fingerprint density at radius 2 is 1.82 bits per heavy atom. The summed E-state index contributed by atoms with van der Waals surface area (Å²) in [5.74, 6) is -0.125. The molecule has 0 aliphatic rings. The molecule has 0 saturated heterocycles. The normalized spacial score (nSPS) is 12.7. The number of nitrogens with one attached hydrogen (secondary N) is 1. The fourth-order valence-electron chi connectivity index (χ4n) is 1.14. The SMILES string of the molecule is CC(C)(O)CNS(=O)(=O)Cc1ccc(Cl)cc1. The third-order valence-corrected chi connectivity index (χ3v) is 3.54. The van der Waals surface area contributed by atoms with Gasteiger partial charge in [-0.25, -0.2) is 13.1 Å². The number of halogens is 1. The number of rotatable bonds is 5. The van der Waals surface area contributed by atoms with Crippen molar-refractivity contribution in [1.82, 2.24) is 4.72 Å². The second-order valence-electron chi connectivity index (χ2n) is 4.52. The van der Waals surface area contributed by atoms with E-state index >= 15 is 0 Å². The zero-order chi connectivity index (χ0) is 13.1. The summed E-state index contributed by atoms with van der Waals surface area (Å²) < 4.78 is 25.7. The lowest BCUT2D eigenvalue weighted by molar-refractivity contribution is 0.0857. The topological polar surface area (TPSA) is 66.4 Å². The molecule has 0 spiro atoms. The second-order valence-corrected chi connectivity index (χ2v) is 6.76. The highest BCUT2D eigenvalue weighted by molar-refractivity contribution is 7.88. The van der Waals surface area contributed by atoms with E-state index in [2.05, 4.69) is 4.72 Å². The predicted octanol–water partition coefficient (Wildman–Crippen LogP) is 1.53. The van der Waals surface area contributed by atoms with Crippen molar-refractivity contribution in [3.05, 3.63) is 34.9 Å². The summed E-state index contributed by atoms with van der Waals surface area (Å²) in [5.41, 5.74) is -0.412. The van der Waals surface area contributed by atoms with Gasteiger partial charge in [-0.05, 0) is 31.5 Å². The Hall–Kier alpha value is -0.620. The van der Waals surface area contributed by atoms with E-state index in [1.54, 1.807) is 24.3 Å². The van der Waals surface area contributed by atoms with Gasteiger partial charge in [0.1, 0.15) is 0 Å². The first-order chi connectivity index (χ1) is 7.68. The number of hydrogen-bond acceptors (Lipinski definition) is 3. The summed E-state index contributed by atoms with van der Waals surface area (Å²) in [5, 5.41) is 10.0. The fourth-order valence-corrected chi connectivity index (χ4v) is 2.57. The summed E-state index contributed by atoms with van der Waals surface area (Å²) in [6.07, 6.45) is 0. The van der Waals surface area contributed by atoms with Gasteiger partial charge in [-0.1, -0.05) is 23.7 Å². The van der Waals surface area contributed by atoms with E-state index in [9.17, 15) is 13.5 Å². The Kier molecular flexibility index (Phi) is 4.55. The first kappa shape index (κ1) is 14.4. The zero-order valence-electron chi connectivity index (χ0n) is 9.77. The van der Waals surface area contributed by atoms with Gasteiger partial charge in [-0.3, -0.25) is 0 Å². The monoisotopic (exact) mass is 277 g/mol. The van der Waals surface area contributed by atoms with Crippen molar-refractivity contribution in [3.8, 4) is 0 Å². The number of sulfonamides is 1. The van der Waals surface area contributed by atoms with Gasteiger partial charge in [0, 0.05) is 11.6 Å². The molecule has 1 rings (SSSR count). The molecule has 2 N–H and O–H groups in total. The van der Waals surface area contributed by atoms with Crippen LogP contribution in [0.3, 0.4) is 0 Å². The molecule has 0 unspecified atom stereocenters. The van der Waals surface area contributed by atoms with Crippen LogP contribution < -0.4 is 4.72 Å². The summed E-state index contributed by atoms with van der Waals surface area (Å²) in [7, 11) is -3.43. The van der Waals surface area contributed by atoms with Gasteiger partial charge in [-0.2, -0.15) is 0 Å². The molecule has 1 aromatic carbocycles. The van der Waals surface area contributed by atoms with Gasteiger partial charge >= 0.3 is 0 Å². The molecule has 0 aliphatic heterocycles. The molecule has 6 heteroatoms. The van der Waals surface area contributed by atoms with Gasteiger partial charge in [0.25, 0.3) is 0 Å². The van der Waals surface area contributed by atoms with Crippen LogP contribution in [0.15, 0.2) is 24.3 Å². The van der Waals surface area contributed by atoms with Crippen molar-refractivity contribution in [2.45, 2.75) is 25.2 Å². The van der Waals surface area contributed by atoms with Crippen molar-refractivity contribution >= 4 is 21.6 Å². The lowest BCUT2D eigenvalue weighted by Gasteiger charge is -2.17. The van der Waals surface area contributed by atoms with E-state index in [1.165, 1.54) is 13.8 Å². The molecule has 0 amide bonds. The van der Waals surface area contributed by atoms with Gasteiger partial charge in [0.2, 0.25) is 10.0 Å². The highest BCUT2D eigenvalue weighted by Gasteiger charge is 2.18. The smallest absolute Gasteiger partial charge is 0.215 e. The Bertz CT molecular complexity index is 462. The van der Waals surface area contributed by atoms with E-state index < -0.39 is 15.6 Å². The number of hydrogen-bond donors (Lipinski definition) is 2. The van der Waals surface area contributed by atoms with Crippen LogP contribution >= 0.6 is 11.6 Å². The van der Waals surface area contributed by atoms with Gasteiger partial charge < -0.3 is 5.11 Å².